The van der Waals surface area contributed by atoms with Crippen molar-refractivity contribution in [2.24, 2.45) is 0 Å². The van der Waals surface area contributed by atoms with Crippen LogP contribution in [0.4, 0.5) is 5.69 Å². The number of amides is 2. The highest BCUT2D eigenvalue weighted by Gasteiger charge is 2.51. The van der Waals surface area contributed by atoms with Crippen LogP contribution in [0.15, 0.2) is 47.4 Å². The zero-order valence-corrected chi connectivity index (χ0v) is 21.3. The summed E-state index contributed by atoms with van der Waals surface area (Å²) in [7, 11) is -4.08. The third-order valence-corrected chi connectivity index (χ3v) is 8.90. The minimum Gasteiger partial charge on any atom is -0.335 e. The van der Waals surface area contributed by atoms with E-state index in [0.717, 1.165) is 5.56 Å². The monoisotopic (exact) mass is 519 g/mol. The molecule has 2 fully saturated rings. The summed E-state index contributed by atoms with van der Waals surface area (Å²) in [6.07, 6.45) is -0.661. The minimum atomic E-state index is -4.08. The fourth-order valence-corrected chi connectivity index (χ4v) is 6.72. The Morgan fingerprint density at radius 2 is 1.80 bits per heavy atom. The zero-order chi connectivity index (χ0) is 25.5. The molecule has 2 heterocycles. The van der Waals surface area contributed by atoms with Crippen molar-refractivity contribution >= 4 is 39.1 Å². The molecule has 2 saturated heterocycles. The van der Waals surface area contributed by atoms with Crippen molar-refractivity contribution < 1.29 is 23.2 Å². The molecule has 2 aliphatic rings. The summed E-state index contributed by atoms with van der Waals surface area (Å²) in [5, 5.41) is 2.30. The Bertz CT molecular complexity index is 1270. The van der Waals surface area contributed by atoms with Crippen molar-refractivity contribution in [3.05, 3.63) is 63.5 Å². The van der Waals surface area contributed by atoms with Gasteiger partial charge in [0.25, 0.3) is 5.69 Å². The molecule has 4 rings (SSSR count). The molecule has 0 radical (unpaired) electrons. The first-order chi connectivity index (χ1) is 16.5. The molecular formula is C24H28ClN4O5S+. The molecule has 35 heavy (non-hydrogen) atoms. The number of benzene rings is 2. The maximum absolute atomic E-state index is 13.8. The van der Waals surface area contributed by atoms with Crippen LogP contribution in [-0.2, 0) is 26.0 Å². The summed E-state index contributed by atoms with van der Waals surface area (Å²) in [5.74, 6) is -0.476. The van der Waals surface area contributed by atoms with Gasteiger partial charge in [0.15, 0.2) is 0 Å². The second-order valence-electron chi connectivity index (χ2n) is 9.16. The number of rotatable bonds is 6. The van der Waals surface area contributed by atoms with Crippen molar-refractivity contribution in [1.82, 2.24) is 14.1 Å². The topological polar surface area (TPSA) is 109 Å². The molecule has 9 nitrogen and oxygen atoms in total. The van der Waals surface area contributed by atoms with Gasteiger partial charge >= 0.3 is 0 Å². The van der Waals surface area contributed by atoms with Gasteiger partial charge < -0.3 is 9.80 Å². The maximum atomic E-state index is 13.8. The fraction of sp³-hybridized carbons (Fsp3) is 0.417. The molecule has 2 aliphatic heterocycles. The Labute approximate surface area is 209 Å². The molecular weight excluding hydrogens is 492 g/mol. The molecule has 186 valence electrons. The van der Waals surface area contributed by atoms with Gasteiger partial charge in [0.05, 0.1) is 11.4 Å². The predicted octanol–water partition coefficient (Wildman–Crippen LogP) is 1.54. The number of nitrogens with zero attached hydrogens (tertiary/aromatic N) is 3. The van der Waals surface area contributed by atoms with Gasteiger partial charge in [-0.2, -0.15) is 4.31 Å². The van der Waals surface area contributed by atoms with Crippen LogP contribution < -0.4 is 5.18 Å². The largest absolute Gasteiger partial charge is 0.335 e. The number of carbonyl (C=O) groups is 2. The first-order valence-electron chi connectivity index (χ1n) is 11.4. The molecule has 0 aliphatic carbocycles. The molecule has 2 aromatic carbocycles. The summed E-state index contributed by atoms with van der Waals surface area (Å²) in [6.45, 7) is 5.44. The molecule has 2 aromatic rings. The van der Waals surface area contributed by atoms with E-state index in [4.69, 9.17) is 11.6 Å². The van der Waals surface area contributed by atoms with Gasteiger partial charge in [-0.1, -0.05) is 29.8 Å². The van der Waals surface area contributed by atoms with Crippen molar-refractivity contribution in [2.75, 3.05) is 13.1 Å². The van der Waals surface area contributed by atoms with E-state index < -0.39 is 22.2 Å². The van der Waals surface area contributed by atoms with Crippen LogP contribution >= 0.6 is 11.6 Å². The fourth-order valence-electron chi connectivity index (χ4n) is 4.77. The van der Waals surface area contributed by atoms with E-state index in [2.05, 4.69) is 0 Å². The number of carbonyl (C=O) groups excluding carboxylic acids is 2. The quantitative estimate of drug-likeness (QED) is 0.622. The third kappa shape index (κ3) is 4.70. The van der Waals surface area contributed by atoms with Gasteiger partial charge in [0, 0.05) is 52.7 Å². The Hall–Kier alpha value is -2.82. The Morgan fingerprint density at radius 1 is 1.11 bits per heavy atom. The van der Waals surface area contributed by atoms with E-state index in [1.807, 2.05) is 13.8 Å². The normalized spacial score (nSPS) is 21.4. The number of hydrogen-bond donors (Lipinski definition) is 1. The van der Waals surface area contributed by atoms with Gasteiger partial charge in [-0.3, -0.25) is 9.59 Å². The number of piperazine rings is 1. The molecule has 2 atom stereocenters. The third-order valence-electron chi connectivity index (χ3n) is 6.61. The lowest BCUT2D eigenvalue weighted by atomic mass is 9.97. The molecule has 0 bridgehead atoms. The SMILES string of the molecule is Cc1ccc([NH+]=O)cc1S(=O)(=O)N1CCC(=O)N2C(Cc3ccc(Cl)cc3)C(=O)N(C(C)C)CC21. The second-order valence-corrected chi connectivity index (χ2v) is 11.5. The maximum Gasteiger partial charge on any atom is 0.254 e. The van der Waals surface area contributed by atoms with Crippen molar-refractivity contribution in [3.8, 4) is 0 Å². The molecule has 0 saturated carbocycles. The summed E-state index contributed by atoms with van der Waals surface area (Å²) in [6, 6.07) is 10.4. The van der Waals surface area contributed by atoms with E-state index in [0.29, 0.717) is 10.6 Å². The van der Waals surface area contributed by atoms with E-state index >= 15 is 0 Å². The first-order valence-corrected chi connectivity index (χ1v) is 13.2. The number of halogens is 1. The van der Waals surface area contributed by atoms with E-state index in [1.54, 1.807) is 47.3 Å². The summed E-state index contributed by atoms with van der Waals surface area (Å²) in [4.78, 5) is 40.9. The summed E-state index contributed by atoms with van der Waals surface area (Å²) < 4.78 is 29.0. The highest BCUT2D eigenvalue weighted by atomic mass is 35.5. The number of aryl methyl sites for hydroxylation is 1. The van der Waals surface area contributed by atoms with Gasteiger partial charge in [-0.25, -0.2) is 8.42 Å². The first kappa shape index (κ1) is 25.3. The zero-order valence-electron chi connectivity index (χ0n) is 19.8. The highest BCUT2D eigenvalue weighted by molar-refractivity contribution is 7.89. The van der Waals surface area contributed by atoms with Gasteiger partial charge in [-0.15, -0.1) is 0 Å². The molecule has 0 aromatic heterocycles. The lowest BCUT2D eigenvalue weighted by molar-refractivity contribution is -0.379. The van der Waals surface area contributed by atoms with Crippen LogP contribution in [0.1, 0.15) is 31.4 Å². The number of sulfonamides is 1. The van der Waals surface area contributed by atoms with Crippen LogP contribution in [-0.4, -0.2) is 65.7 Å². The second kappa shape index (κ2) is 9.67. The predicted molar refractivity (Wildman–Crippen MR) is 130 cm³/mol. The van der Waals surface area contributed by atoms with Gasteiger partial charge in [-0.05, 0) is 44.0 Å². The number of nitrogens with one attached hydrogen (secondary N) is 1. The molecule has 0 spiro atoms. The van der Waals surface area contributed by atoms with Crippen LogP contribution in [0.2, 0.25) is 5.02 Å². The van der Waals surface area contributed by atoms with Crippen molar-refractivity contribution in [1.29, 1.82) is 0 Å². The summed E-state index contributed by atoms with van der Waals surface area (Å²) >= 11 is 6.01. The average Bonchev–Trinajstić information content (AvgIpc) is 2.82. The number of nitroso groups, excluding NO2 is 1. The smallest absolute Gasteiger partial charge is 0.254 e. The standard InChI is InChI=1S/C24H27ClN4O5S/c1-15(2)27-14-22-28(35(33,34)21-13-19(26-32)9-4-16(21)3)11-10-23(30)29(22)20(24(27)31)12-17-5-7-18(25)8-6-17/h4-9,13,15,20,22H,10-12,14H2,1-3H3/p+1. The van der Waals surface area contributed by atoms with E-state index in [9.17, 15) is 22.9 Å². The average molecular weight is 520 g/mol. The van der Waals surface area contributed by atoms with E-state index in [1.165, 1.54) is 21.3 Å². The van der Waals surface area contributed by atoms with Crippen LogP contribution in [0.5, 0.6) is 0 Å². The molecule has 2 amide bonds. The van der Waals surface area contributed by atoms with Crippen LogP contribution in [0.3, 0.4) is 0 Å². The van der Waals surface area contributed by atoms with Gasteiger partial charge in [0.1, 0.15) is 12.2 Å². The highest BCUT2D eigenvalue weighted by Crippen LogP contribution is 2.33. The van der Waals surface area contributed by atoms with Crippen molar-refractivity contribution in [3.63, 3.8) is 0 Å². The Kier molecular flexibility index (Phi) is 6.99. The lowest BCUT2D eigenvalue weighted by Crippen LogP contribution is -2.72. The van der Waals surface area contributed by atoms with E-state index in [-0.39, 0.29) is 54.4 Å². The van der Waals surface area contributed by atoms with Gasteiger partial charge in [0.2, 0.25) is 21.8 Å². The van der Waals surface area contributed by atoms with Crippen molar-refractivity contribution in [2.45, 2.75) is 56.8 Å². The van der Waals surface area contributed by atoms with Crippen LogP contribution in [0, 0.1) is 11.8 Å². The molecule has 11 heteroatoms. The molecule has 1 N–H and O–H groups in total. The number of hydrogen-bond acceptors (Lipinski definition) is 5. The Balaban J connectivity index is 1.78. The van der Waals surface area contributed by atoms with Crippen LogP contribution in [0.25, 0.3) is 0 Å². The number of fused-ring (bicyclic) bond motifs is 1. The molecule has 2 unspecified atom stereocenters. The minimum absolute atomic E-state index is 0.00472. The Morgan fingerprint density at radius 3 is 2.43 bits per heavy atom. The lowest BCUT2D eigenvalue weighted by Gasteiger charge is -2.52. The summed E-state index contributed by atoms with van der Waals surface area (Å²) in [5.41, 5.74) is 1.43.